The monoisotopic (exact) mass is 303 g/mol. The lowest BCUT2D eigenvalue weighted by molar-refractivity contribution is 0.628. The van der Waals surface area contributed by atoms with E-state index < -0.39 is 5.82 Å². The van der Waals surface area contributed by atoms with Gasteiger partial charge >= 0.3 is 0 Å². The smallest absolute Gasteiger partial charge is 0.141 e. The van der Waals surface area contributed by atoms with Crippen LogP contribution in [0.4, 0.5) is 10.1 Å². The molecule has 0 heterocycles. The fourth-order valence-electron chi connectivity index (χ4n) is 1.50. The van der Waals surface area contributed by atoms with Crippen LogP contribution in [0.1, 0.15) is 5.56 Å². The van der Waals surface area contributed by atoms with Crippen molar-refractivity contribution < 1.29 is 4.39 Å². The first-order valence-electron chi connectivity index (χ1n) is 5.20. The third kappa shape index (κ3) is 3.08. The highest BCUT2D eigenvalue weighted by atomic mass is 35.5. The SMILES string of the molecule is Fc1ccc(NCc2c(Cl)cccc2Cl)cc1Cl. The second-order valence-corrected chi connectivity index (χ2v) is 4.90. The molecular formula is C13H9Cl3FN. The van der Waals surface area contributed by atoms with E-state index in [9.17, 15) is 4.39 Å². The summed E-state index contributed by atoms with van der Waals surface area (Å²) in [5, 5.41) is 4.34. The summed E-state index contributed by atoms with van der Waals surface area (Å²) in [5.74, 6) is -0.446. The Hall–Kier alpha value is -0.960. The molecule has 0 spiro atoms. The minimum atomic E-state index is -0.446. The molecule has 0 amide bonds. The van der Waals surface area contributed by atoms with Crippen LogP contribution < -0.4 is 5.32 Å². The number of nitrogens with one attached hydrogen (secondary N) is 1. The lowest BCUT2D eigenvalue weighted by Crippen LogP contribution is -2.01. The molecule has 0 radical (unpaired) electrons. The van der Waals surface area contributed by atoms with Crippen molar-refractivity contribution in [2.75, 3.05) is 5.32 Å². The van der Waals surface area contributed by atoms with Crippen LogP contribution in [0.25, 0.3) is 0 Å². The minimum absolute atomic E-state index is 0.0743. The summed E-state index contributed by atoms with van der Waals surface area (Å²) in [4.78, 5) is 0. The van der Waals surface area contributed by atoms with Gasteiger partial charge in [0.15, 0.2) is 0 Å². The molecule has 0 bridgehead atoms. The van der Waals surface area contributed by atoms with Crippen LogP contribution in [-0.4, -0.2) is 0 Å². The summed E-state index contributed by atoms with van der Waals surface area (Å²) < 4.78 is 13.0. The Kier molecular flexibility index (Phi) is 4.33. The number of benzene rings is 2. The molecule has 2 aromatic rings. The molecule has 0 aliphatic rings. The molecule has 1 nitrogen and oxygen atoms in total. The second-order valence-electron chi connectivity index (χ2n) is 3.68. The Morgan fingerprint density at radius 1 is 0.944 bits per heavy atom. The van der Waals surface area contributed by atoms with Gasteiger partial charge in [0.05, 0.1) is 5.02 Å². The molecule has 0 aromatic heterocycles. The third-order valence-electron chi connectivity index (χ3n) is 2.45. The predicted octanol–water partition coefficient (Wildman–Crippen LogP) is 5.40. The molecule has 0 saturated heterocycles. The molecule has 2 aromatic carbocycles. The van der Waals surface area contributed by atoms with Crippen molar-refractivity contribution in [3.05, 3.63) is 62.8 Å². The van der Waals surface area contributed by atoms with Crippen molar-refractivity contribution in [1.29, 1.82) is 0 Å². The molecule has 0 unspecified atom stereocenters. The maximum atomic E-state index is 13.0. The molecule has 2 rings (SSSR count). The van der Waals surface area contributed by atoms with E-state index in [0.29, 0.717) is 22.3 Å². The molecule has 0 aliphatic heterocycles. The van der Waals surface area contributed by atoms with Crippen LogP contribution in [-0.2, 0) is 6.54 Å². The molecular weight excluding hydrogens is 296 g/mol. The fraction of sp³-hybridized carbons (Fsp3) is 0.0769. The first-order valence-corrected chi connectivity index (χ1v) is 6.33. The molecule has 0 fully saturated rings. The van der Waals surface area contributed by atoms with E-state index in [1.165, 1.54) is 12.1 Å². The first-order chi connectivity index (χ1) is 8.58. The Labute approximate surface area is 119 Å². The fourth-order valence-corrected chi connectivity index (χ4v) is 2.21. The zero-order valence-electron chi connectivity index (χ0n) is 9.18. The molecule has 0 aliphatic carbocycles. The average molecular weight is 305 g/mol. The normalized spacial score (nSPS) is 10.4. The quantitative estimate of drug-likeness (QED) is 0.800. The Morgan fingerprint density at radius 3 is 2.22 bits per heavy atom. The van der Waals surface area contributed by atoms with Crippen molar-refractivity contribution in [3.8, 4) is 0 Å². The summed E-state index contributed by atoms with van der Waals surface area (Å²) in [6, 6.07) is 9.74. The van der Waals surface area contributed by atoms with E-state index in [2.05, 4.69) is 5.32 Å². The molecule has 94 valence electrons. The van der Waals surface area contributed by atoms with Gasteiger partial charge in [-0.1, -0.05) is 40.9 Å². The standard InChI is InChI=1S/C13H9Cl3FN/c14-10-2-1-3-11(15)9(10)7-18-8-4-5-13(17)12(16)6-8/h1-6,18H,7H2. The summed E-state index contributed by atoms with van der Waals surface area (Å²) in [6.07, 6.45) is 0. The van der Waals surface area contributed by atoms with Crippen LogP contribution in [0.15, 0.2) is 36.4 Å². The van der Waals surface area contributed by atoms with Crippen molar-refractivity contribution in [1.82, 2.24) is 0 Å². The van der Waals surface area contributed by atoms with Crippen LogP contribution in [0.3, 0.4) is 0 Å². The van der Waals surface area contributed by atoms with Crippen LogP contribution in [0.5, 0.6) is 0 Å². The summed E-state index contributed by atoms with van der Waals surface area (Å²) in [7, 11) is 0. The first kappa shape index (κ1) is 13.5. The Bertz CT molecular complexity index is 552. The van der Waals surface area contributed by atoms with Crippen LogP contribution in [0.2, 0.25) is 15.1 Å². The number of anilines is 1. The Balaban J connectivity index is 2.14. The minimum Gasteiger partial charge on any atom is -0.381 e. The predicted molar refractivity (Wildman–Crippen MR) is 75.2 cm³/mol. The van der Waals surface area contributed by atoms with Crippen molar-refractivity contribution in [3.63, 3.8) is 0 Å². The van der Waals surface area contributed by atoms with Crippen LogP contribution in [0, 0.1) is 5.82 Å². The van der Waals surface area contributed by atoms with Crippen molar-refractivity contribution >= 4 is 40.5 Å². The molecule has 5 heteroatoms. The van der Waals surface area contributed by atoms with Crippen LogP contribution >= 0.6 is 34.8 Å². The second kappa shape index (κ2) is 5.79. The molecule has 1 N–H and O–H groups in total. The van der Waals surface area contributed by atoms with Gasteiger partial charge < -0.3 is 5.32 Å². The van der Waals surface area contributed by atoms with Gasteiger partial charge in [0.25, 0.3) is 0 Å². The van der Waals surface area contributed by atoms with Gasteiger partial charge in [-0.3, -0.25) is 0 Å². The molecule has 18 heavy (non-hydrogen) atoms. The summed E-state index contributed by atoms with van der Waals surface area (Å²) in [6.45, 7) is 0.445. The highest BCUT2D eigenvalue weighted by molar-refractivity contribution is 6.36. The summed E-state index contributed by atoms with van der Waals surface area (Å²) in [5.41, 5.74) is 1.50. The largest absolute Gasteiger partial charge is 0.381 e. The zero-order valence-corrected chi connectivity index (χ0v) is 11.5. The zero-order chi connectivity index (χ0) is 13.1. The highest BCUT2D eigenvalue weighted by Gasteiger charge is 2.06. The van der Waals surface area contributed by atoms with E-state index in [0.717, 1.165) is 5.56 Å². The third-order valence-corrected chi connectivity index (χ3v) is 3.45. The maximum absolute atomic E-state index is 13.0. The van der Waals surface area contributed by atoms with Gasteiger partial charge in [-0.2, -0.15) is 0 Å². The van der Waals surface area contributed by atoms with E-state index in [4.69, 9.17) is 34.8 Å². The number of halogens is 4. The van der Waals surface area contributed by atoms with E-state index in [1.54, 1.807) is 24.3 Å². The van der Waals surface area contributed by atoms with Gasteiger partial charge in [0.1, 0.15) is 5.82 Å². The maximum Gasteiger partial charge on any atom is 0.141 e. The van der Waals surface area contributed by atoms with Crippen molar-refractivity contribution in [2.45, 2.75) is 6.54 Å². The number of rotatable bonds is 3. The van der Waals surface area contributed by atoms with E-state index in [1.807, 2.05) is 0 Å². The average Bonchev–Trinajstić information content (AvgIpc) is 2.33. The van der Waals surface area contributed by atoms with E-state index >= 15 is 0 Å². The number of hydrogen-bond donors (Lipinski definition) is 1. The van der Waals surface area contributed by atoms with E-state index in [-0.39, 0.29) is 5.02 Å². The number of hydrogen-bond acceptors (Lipinski definition) is 1. The van der Waals surface area contributed by atoms with Gasteiger partial charge in [0, 0.05) is 27.8 Å². The molecule has 0 atom stereocenters. The lowest BCUT2D eigenvalue weighted by Gasteiger charge is -2.10. The highest BCUT2D eigenvalue weighted by Crippen LogP contribution is 2.26. The summed E-state index contributed by atoms with van der Waals surface area (Å²) >= 11 is 17.8. The van der Waals surface area contributed by atoms with Gasteiger partial charge in [-0.25, -0.2) is 4.39 Å². The van der Waals surface area contributed by atoms with Crippen molar-refractivity contribution in [2.24, 2.45) is 0 Å². The van der Waals surface area contributed by atoms with Gasteiger partial charge in [-0.05, 0) is 30.3 Å². The Morgan fingerprint density at radius 2 is 1.61 bits per heavy atom. The van der Waals surface area contributed by atoms with Gasteiger partial charge in [0.2, 0.25) is 0 Å². The van der Waals surface area contributed by atoms with Gasteiger partial charge in [-0.15, -0.1) is 0 Å². The molecule has 0 saturated carbocycles. The lowest BCUT2D eigenvalue weighted by atomic mass is 10.2. The topological polar surface area (TPSA) is 12.0 Å².